The van der Waals surface area contributed by atoms with E-state index in [1.54, 1.807) is 0 Å². The first kappa shape index (κ1) is 13.7. The topological polar surface area (TPSA) is 17.0 Å². The van der Waals surface area contributed by atoms with Crippen molar-refractivity contribution in [3.8, 4) is 0 Å². The van der Waals surface area contributed by atoms with Crippen LogP contribution in [0.1, 0.15) is 38.2 Å². The molecule has 1 aromatic heterocycles. The summed E-state index contributed by atoms with van der Waals surface area (Å²) in [6.45, 7) is 4.56. The number of fused-ring (bicyclic) bond motifs is 1. The number of para-hydroxylation sites is 1. The number of hydrogen-bond donors (Lipinski definition) is 1. The van der Waals surface area contributed by atoms with Crippen LogP contribution >= 0.6 is 0 Å². The van der Waals surface area contributed by atoms with E-state index in [0.29, 0.717) is 0 Å². The average Bonchev–Trinajstić information content (AvgIpc) is 2.79. The molecule has 1 saturated carbocycles. The number of benzene rings is 1. The summed E-state index contributed by atoms with van der Waals surface area (Å²) in [5.74, 6) is 1.84. The Bertz CT molecular complexity index is 562. The number of rotatable bonds is 4. The van der Waals surface area contributed by atoms with Crippen molar-refractivity contribution in [1.29, 1.82) is 0 Å². The number of nitrogens with zero attached hydrogens (tertiary/aromatic N) is 1. The Balaban J connectivity index is 1.57. The highest BCUT2D eigenvalue weighted by atomic mass is 14.9. The van der Waals surface area contributed by atoms with E-state index in [9.17, 15) is 0 Å². The van der Waals surface area contributed by atoms with Crippen molar-refractivity contribution in [3.63, 3.8) is 0 Å². The quantitative estimate of drug-likeness (QED) is 0.885. The van der Waals surface area contributed by atoms with Gasteiger partial charge in [-0.15, -0.1) is 0 Å². The minimum Gasteiger partial charge on any atom is -0.350 e. The second-order valence-electron chi connectivity index (χ2n) is 6.54. The van der Waals surface area contributed by atoms with Crippen molar-refractivity contribution in [2.75, 3.05) is 6.54 Å². The van der Waals surface area contributed by atoms with E-state index in [1.807, 2.05) is 0 Å². The molecule has 1 aliphatic carbocycles. The molecular formula is C18H26N2. The van der Waals surface area contributed by atoms with Gasteiger partial charge in [-0.2, -0.15) is 0 Å². The fraction of sp³-hybridized carbons (Fsp3) is 0.556. The lowest BCUT2D eigenvalue weighted by atomic mass is 9.83. The monoisotopic (exact) mass is 270 g/mol. The maximum Gasteiger partial charge on any atom is 0.0481 e. The summed E-state index contributed by atoms with van der Waals surface area (Å²) in [5, 5.41) is 5.07. The van der Waals surface area contributed by atoms with Crippen LogP contribution in [0.15, 0.2) is 30.5 Å². The summed E-state index contributed by atoms with van der Waals surface area (Å²) in [6.07, 6.45) is 7.91. The van der Waals surface area contributed by atoms with E-state index >= 15 is 0 Å². The van der Waals surface area contributed by atoms with E-state index < -0.39 is 0 Å². The largest absolute Gasteiger partial charge is 0.350 e. The number of aryl methyl sites for hydroxylation is 1. The zero-order valence-electron chi connectivity index (χ0n) is 12.7. The van der Waals surface area contributed by atoms with Crippen LogP contribution in [0.5, 0.6) is 0 Å². The maximum atomic E-state index is 3.68. The number of aromatic nitrogens is 1. The minimum atomic E-state index is 0.890. The second-order valence-corrected chi connectivity index (χ2v) is 6.54. The molecule has 0 radical (unpaired) electrons. The second kappa shape index (κ2) is 6.01. The maximum absolute atomic E-state index is 3.68. The van der Waals surface area contributed by atoms with Crippen LogP contribution in [-0.4, -0.2) is 11.1 Å². The summed E-state index contributed by atoms with van der Waals surface area (Å²) in [6, 6.07) is 8.67. The van der Waals surface area contributed by atoms with Gasteiger partial charge >= 0.3 is 0 Å². The van der Waals surface area contributed by atoms with Crippen LogP contribution in [0.2, 0.25) is 0 Å². The lowest BCUT2D eigenvalue weighted by Gasteiger charge is -2.26. The molecule has 1 N–H and O–H groups in total. The Hall–Kier alpha value is -1.28. The molecule has 1 aromatic carbocycles. The molecule has 0 saturated heterocycles. The molecule has 0 unspecified atom stereocenters. The summed E-state index contributed by atoms with van der Waals surface area (Å²) in [7, 11) is 2.13. The van der Waals surface area contributed by atoms with Gasteiger partial charge < -0.3 is 9.88 Å². The zero-order valence-corrected chi connectivity index (χ0v) is 12.7. The molecule has 2 aromatic rings. The molecule has 1 aliphatic rings. The number of hydrogen-bond acceptors (Lipinski definition) is 1. The first-order valence-corrected chi connectivity index (χ1v) is 7.97. The lowest BCUT2D eigenvalue weighted by Crippen LogP contribution is -2.25. The van der Waals surface area contributed by atoms with Gasteiger partial charge in [-0.3, -0.25) is 0 Å². The Labute approximate surface area is 122 Å². The smallest absolute Gasteiger partial charge is 0.0481 e. The van der Waals surface area contributed by atoms with Gasteiger partial charge in [-0.25, -0.2) is 0 Å². The Morgan fingerprint density at radius 3 is 2.70 bits per heavy atom. The van der Waals surface area contributed by atoms with Crippen molar-refractivity contribution < 1.29 is 0 Å². The SMILES string of the molecule is CC1CCC(CNCc2cn(C)c3ccccc23)CC1. The van der Waals surface area contributed by atoms with Crippen LogP contribution in [0.3, 0.4) is 0 Å². The molecule has 20 heavy (non-hydrogen) atoms. The van der Waals surface area contributed by atoms with E-state index in [2.05, 4.69) is 54.3 Å². The van der Waals surface area contributed by atoms with Gasteiger partial charge in [-0.05, 0) is 42.9 Å². The normalized spacial score (nSPS) is 23.3. The van der Waals surface area contributed by atoms with Crippen LogP contribution in [0.25, 0.3) is 10.9 Å². The summed E-state index contributed by atoms with van der Waals surface area (Å²) in [5.41, 5.74) is 2.75. The minimum absolute atomic E-state index is 0.890. The highest BCUT2D eigenvalue weighted by Gasteiger charge is 2.17. The summed E-state index contributed by atoms with van der Waals surface area (Å²) in [4.78, 5) is 0. The molecule has 108 valence electrons. The molecule has 1 fully saturated rings. The van der Waals surface area contributed by atoms with Gasteiger partial charge in [0.2, 0.25) is 0 Å². The molecule has 1 heterocycles. The van der Waals surface area contributed by atoms with Crippen LogP contribution < -0.4 is 5.32 Å². The molecule has 0 amide bonds. The molecule has 0 bridgehead atoms. The molecule has 0 spiro atoms. The molecular weight excluding hydrogens is 244 g/mol. The summed E-state index contributed by atoms with van der Waals surface area (Å²) >= 11 is 0. The standard InChI is InChI=1S/C18H26N2/c1-14-7-9-15(10-8-14)11-19-12-16-13-20(2)18-6-4-3-5-17(16)18/h3-6,13-15,19H,7-12H2,1-2H3. The Morgan fingerprint density at radius 2 is 1.90 bits per heavy atom. The van der Waals surface area contributed by atoms with E-state index in [0.717, 1.165) is 18.4 Å². The Morgan fingerprint density at radius 1 is 1.15 bits per heavy atom. The predicted molar refractivity (Wildman–Crippen MR) is 85.7 cm³/mol. The van der Waals surface area contributed by atoms with E-state index in [1.165, 1.54) is 48.7 Å². The fourth-order valence-corrected chi connectivity index (χ4v) is 3.51. The van der Waals surface area contributed by atoms with Gasteiger partial charge in [-0.1, -0.05) is 38.0 Å². The average molecular weight is 270 g/mol. The van der Waals surface area contributed by atoms with E-state index in [-0.39, 0.29) is 0 Å². The fourth-order valence-electron chi connectivity index (χ4n) is 3.51. The van der Waals surface area contributed by atoms with Crippen LogP contribution in [0, 0.1) is 11.8 Å². The van der Waals surface area contributed by atoms with Crippen molar-refractivity contribution in [3.05, 3.63) is 36.0 Å². The van der Waals surface area contributed by atoms with Crippen molar-refractivity contribution in [2.24, 2.45) is 18.9 Å². The first-order chi connectivity index (χ1) is 9.74. The molecule has 0 aliphatic heterocycles. The predicted octanol–water partition coefficient (Wildman–Crippen LogP) is 4.09. The Kier molecular flexibility index (Phi) is 4.11. The van der Waals surface area contributed by atoms with Crippen LogP contribution in [-0.2, 0) is 13.6 Å². The molecule has 3 rings (SSSR count). The molecule has 2 heteroatoms. The zero-order chi connectivity index (χ0) is 13.9. The lowest BCUT2D eigenvalue weighted by molar-refractivity contribution is 0.281. The van der Waals surface area contributed by atoms with E-state index in [4.69, 9.17) is 0 Å². The van der Waals surface area contributed by atoms with Gasteiger partial charge in [0.25, 0.3) is 0 Å². The molecule has 2 nitrogen and oxygen atoms in total. The highest BCUT2D eigenvalue weighted by Crippen LogP contribution is 2.28. The first-order valence-electron chi connectivity index (χ1n) is 7.97. The molecule has 0 atom stereocenters. The third-order valence-corrected chi connectivity index (χ3v) is 4.86. The van der Waals surface area contributed by atoms with Gasteiger partial charge in [0.15, 0.2) is 0 Å². The van der Waals surface area contributed by atoms with Gasteiger partial charge in [0.1, 0.15) is 0 Å². The third kappa shape index (κ3) is 2.90. The highest BCUT2D eigenvalue weighted by molar-refractivity contribution is 5.83. The van der Waals surface area contributed by atoms with Gasteiger partial charge in [0, 0.05) is 30.7 Å². The van der Waals surface area contributed by atoms with Gasteiger partial charge in [0.05, 0.1) is 0 Å². The van der Waals surface area contributed by atoms with Crippen molar-refractivity contribution in [2.45, 2.75) is 39.2 Å². The van der Waals surface area contributed by atoms with Crippen molar-refractivity contribution in [1.82, 2.24) is 9.88 Å². The van der Waals surface area contributed by atoms with Crippen LogP contribution in [0.4, 0.5) is 0 Å². The summed E-state index contributed by atoms with van der Waals surface area (Å²) < 4.78 is 2.23. The number of nitrogens with one attached hydrogen (secondary N) is 1. The van der Waals surface area contributed by atoms with Crippen molar-refractivity contribution >= 4 is 10.9 Å². The third-order valence-electron chi connectivity index (χ3n) is 4.86.